The molecule has 1 aliphatic heterocycles. The van der Waals surface area contributed by atoms with Gasteiger partial charge >= 0.3 is 12.3 Å². The van der Waals surface area contributed by atoms with Crippen molar-refractivity contribution in [2.24, 2.45) is 0 Å². The average Bonchev–Trinajstić information content (AvgIpc) is 3.34. The highest BCUT2D eigenvalue weighted by Crippen LogP contribution is 2.31. The molecular formula is C21H18F4N4O3. The summed E-state index contributed by atoms with van der Waals surface area (Å²) in [5, 5.41) is 4.31. The zero-order valence-corrected chi connectivity index (χ0v) is 16.9. The molecule has 0 saturated carbocycles. The van der Waals surface area contributed by atoms with Crippen LogP contribution in [0.2, 0.25) is 0 Å². The van der Waals surface area contributed by atoms with Crippen LogP contribution in [0, 0.1) is 5.82 Å². The summed E-state index contributed by atoms with van der Waals surface area (Å²) < 4.78 is 64.7. The van der Waals surface area contributed by atoms with Crippen molar-refractivity contribution in [2.75, 3.05) is 25.2 Å². The molecule has 1 aromatic heterocycles. The van der Waals surface area contributed by atoms with Crippen molar-refractivity contribution in [3.05, 3.63) is 65.2 Å². The number of alkyl halides is 3. The van der Waals surface area contributed by atoms with Crippen LogP contribution in [0.15, 0.2) is 42.5 Å². The Balaban J connectivity index is 1.71. The summed E-state index contributed by atoms with van der Waals surface area (Å²) in [7, 11) is 1.45. The summed E-state index contributed by atoms with van der Waals surface area (Å²) in [4.78, 5) is 17.6. The van der Waals surface area contributed by atoms with Crippen LogP contribution in [0.1, 0.15) is 17.0 Å². The van der Waals surface area contributed by atoms with Crippen molar-refractivity contribution in [3.63, 3.8) is 0 Å². The van der Waals surface area contributed by atoms with Gasteiger partial charge in [-0.3, -0.25) is 4.90 Å². The molecule has 3 aromatic rings. The van der Waals surface area contributed by atoms with E-state index in [1.807, 2.05) is 0 Å². The van der Waals surface area contributed by atoms with Gasteiger partial charge in [-0.1, -0.05) is 12.1 Å². The van der Waals surface area contributed by atoms with Gasteiger partial charge < -0.3 is 9.47 Å². The second-order valence-electron chi connectivity index (χ2n) is 7.07. The second kappa shape index (κ2) is 8.58. The largest absolute Gasteiger partial charge is 0.447 e. The fourth-order valence-electron chi connectivity index (χ4n) is 3.34. The maximum Gasteiger partial charge on any atom is 0.416 e. The molecule has 0 spiro atoms. The van der Waals surface area contributed by atoms with Crippen molar-refractivity contribution in [3.8, 4) is 11.4 Å². The van der Waals surface area contributed by atoms with Gasteiger partial charge in [0.25, 0.3) is 0 Å². The van der Waals surface area contributed by atoms with Crippen LogP contribution in [0.5, 0.6) is 0 Å². The van der Waals surface area contributed by atoms with Gasteiger partial charge in [0, 0.05) is 12.8 Å². The van der Waals surface area contributed by atoms with Crippen molar-refractivity contribution in [1.82, 2.24) is 14.8 Å². The number of hydrogen-bond acceptors (Lipinski definition) is 5. The van der Waals surface area contributed by atoms with Gasteiger partial charge in [0.2, 0.25) is 0 Å². The maximum absolute atomic E-state index is 14.8. The highest BCUT2D eigenvalue weighted by atomic mass is 19.4. The first-order valence-electron chi connectivity index (χ1n) is 9.59. The Morgan fingerprint density at radius 1 is 1.16 bits per heavy atom. The van der Waals surface area contributed by atoms with Crippen LogP contribution in [-0.2, 0) is 28.8 Å². The molecule has 11 heteroatoms. The Hall–Kier alpha value is -3.47. The SMILES string of the molecule is COCc1nc(-c2cc(N3CCOC3=O)ccc2F)n(Cc2ccc(C(F)(F)F)cc2)n1. The first-order chi connectivity index (χ1) is 15.3. The van der Waals surface area contributed by atoms with Crippen LogP contribution in [0.3, 0.4) is 0 Å². The van der Waals surface area contributed by atoms with E-state index in [1.54, 1.807) is 0 Å². The lowest BCUT2D eigenvalue weighted by molar-refractivity contribution is -0.137. The molecule has 1 amide bonds. The molecule has 2 heterocycles. The average molecular weight is 450 g/mol. The molecule has 1 aliphatic rings. The normalized spacial score (nSPS) is 14.2. The minimum Gasteiger partial charge on any atom is -0.447 e. The van der Waals surface area contributed by atoms with E-state index in [9.17, 15) is 22.4 Å². The van der Waals surface area contributed by atoms with Crippen molar-refractivity contribution in [1.29, 1.82) is 0 Å². The van der Waals surface area contributed by atoms with Gasteiger partial charge in [0.05, 0.1) is 24.2 Å². The number of cyclic esters (lactones) is 1. The fraction of sp³-hybridized carbons (Fsp3) is 0.286. The van der Waals surface area contributed by atoms with E-state index in [1.165, 1.54) is 47.0 Å². The zero-order valence-electron chi connectivity index (χ0n) is 16.9. The van der Waals surface area contributed by atoms with E-state index in [0.717, 1.165) is 12.1 Å². The van der Waals surface area contributed by atoms with Crippen molar-refractivity contribution < 1.29 is 31.8 Å². The first kappa shape index (κ1) is 21.8. The van der Waals surface area contributed by atoms with E-state index in [-0.39, 0.29) is 37.0 Å². The molecule has 0 bridgehead atoms. The monoisotopic (exact) mass is 450 g/mol. The van der Waals surface area contributed by atoms with Crippen LogP contribution in [0.25, 0.3) is 11.4 Å². The number of ether oxygens (including phenoxy) is 2. The van der Waals surface area contributed by atoms with Crippen LogP contribution in [0.4, 0.5) is 28.0 Å². The van der Waals surface area contributed by atoms with Crippen LogP contribution in [-0.4, -0.2) is 41.1 Å². The molecule has 1 saturated heterocycles. The summed E-state index contributed by atoms with van der Waals surface area (Å²) in [6.07, 6.45) is -4.98. The molecule has 0 aliphatic carbocycles. The van der Waals surface area contributed by atoms with E-state index in [0.29, 0.717) is 17.8 Å². The Morgan fingerprint density at radius 2 is 1.91 bits per heavy atom. The van der Waals surface area contributed by atoms with Gasteiger partial charge in [0.1, 0.15) is 19.0 Å². The molecule has 0 N–H and O–H groups in total. The summed E-state index contributed by atoms with van der Waals surface area (Å²) in [6, 6.07) is 8.74. The quantitative estimate of drug-likeness (QED) is 0.525. The summed E-state index contributed by atoms with van der Waals surface area (Å²) >= 11 is 0. The molecule has 7 nitrogen and oxygen atoms in total. The predicted octanol–water partition coefficient (Wildman–Crippen LogP) is 4.25. The third kappa shape index (κ3) is 4.42. The standard InChI is InChI=1S/C21H18F4N4O3/c1-31-12-18-26-19(16-10-15(6-7-17(16)22)28-8-9-32-20(28)30)29(27-18)11-13-2-4-14(5-3-13)21(23,24)25/h2-7,10H,8-9,11-12H2,1H3. The van der Waals surface area contributed by atoms with E-state index in [2.05, 4.69) is 10.1 Å². The number of benzene rings is 2. The lowest BCUT2D eigenvalue weighted by Crippen LogP contribution is -2.23. The zero-order chi connectivity index (χ0) is 22.9. The number of anilines is 1. The molecule has 0 unspecified atom stereocenters. The maximum atomic E-state index is 14.8. The summed E-state index contributed by atoms with van der Waals surface area (Å²) in [5.74, 6) is -0.157. The second-order valence-corrected chi connectivity index (χ2v) is 7.07. The smallest absolute Gasteiger partial charge is 0.416 e. The minimum atomic E-state index is -4.44. The molecule has 168 valence electrons. The van der Waals surface area contributed by atoms with Crippen LogP contribution < -0.4 is 4.90 Å². The lowest BCUT2D eigenvalue weighted by atomic mass is 10.1. The number of halogens is 4. The van der Waals surface area contributed by atoms with E-state index >= 15 is 0 Å². The number of aromatic nitrogens is 3. The minimum absolute atomic E-state index is 0.0552. The van der Waals surface area contributed by atoms with E-state index in [4.69, 9.17) is 9.47 Å². The number of carbonyl (C=O) groups is 1. The molecule has 0 atom stereocenters. The van der Waals surface area contributed by atoms with Crippen molar-refractivity contribution in [2.45, 2.75) is 19.3 Å². The first-order valence-corrected chi connectivity index (χ1v) is 9.59. The van der Waals surface area contributed by atoms with Crippen molar-refractivity contribution >= 4 is 11.8 Å². The Bertz CT molecular complexity index is 1130. The number of carbonyl (C=O) groups excluding carboxylic acids is 1. The predicted molar refractivity (Wildman–Crippen MR) is 105 cm³/mol. The molecule has 0 radical (unpaired) electrons. The molecule has 2 aromatic carbocycles. The Kier molecular flexibility index (Phi) is 5.83. The highest BCUT2D eigenvalue weighted by Gasteiger charge is 2.30. The molecule has 4 rings (SSSR count). The van der Waals surface area contributed by atoms with Gasteiger partial charge in [-0.15, -0.1) is 0 Å². The van der Waals surface area contributed by atoms with E-state index < -0.39 is 23.7 Å². The number of methoxy groups -OCH3 is 1. The molecule has 32 heavy (non-hydrogen) atoms. The van der Waals surface area contributed by atoms with Crippen LogP contribution >= 0.6 is 0 Å². The number of rotatable bonds is 6. The third-order valence-electron chi connectivity index (χ3n) is 4.87. The molecule has 1 fully saturated rings. The van der Waals surface area contributed by atoms with Gasteiger partial charge in [-0.25, -0.2) is 18.9 Å². The highest BCUT2D eigenvalue weighted by molar-refractivity contribution is 5.90. The summed E-state index contributed by atoms with van der Waals surface area (Å²) in [6.45, 7) is 0.678. The Morgan fingerprint density at radius 3 is 2.53 bits per heavy atom. The number of amides is 1. The topological polar surface area (TPSA) is 69.5 Å². The fourth-order valence-corrected chi connectivity index (χ4v) is 3.34. The Labute approximate surface area is 180 Å². The van der Waals surface area contributed by atoms with Gasteiger partial charge in [-0.05, 0) is 35.9 Å². The lowest BCUT2D eigenvalue weighted by Gasteiger charge is -2.15. The number of nitrogens with zero attached hydrogens (tertiary/aromatic N) is 4. The number of hydrogen-bond donors (Lipinski definition) is 0. The van der Waals surface area contributed by atoms with Gasteiger partial charge in [0.15, 0.2) is 11.6 Å². The third-order valence-corrected chi connectivity index (χ3v) is 4.87. The molecular weight excluding hydrogens is 432 g/mol. The summed E-state index contributed by atoms with van der Waals surface area (Å²) in [5.41, 5.74) is 0.273. The van der Waals surface area contributed by atoms with Gasteiger partial charge in [-0.2, -0.15) is 18.3 Å².